The van der Waals surface area contributed by atoms with Gasteiger partial charge >= 0.3 is 11.9 Å². The van der Waals surface area contributed by atoms with Gasteiger partial charge in [0.15, 0.2) is 0 Å². The molecule has 4 heteroatoms. The van der Waals surface area contributed by atoms with Crippen molar-refractivity contribution in [2.45, 2.75) is 26.3 Å². The van der Waals surface area contributed by atoms with Crippen molar-refractivity contribution in [3.63, 3.8) is 0 Å². The molecule has 0 aliphatic carbocycles. The number of nitrogens with zero attached hydrogens (tertiary/aromatic N) is 1. The maximum absolute atomic E-state index is 11.1. The Morgan fingerprint density at radius 1 is 1.42 bits per heavy atom. The number of esters is 2. The molecule has 0 aromatic carbocycles. The van der Waals surface area contributed by atoms with Gasteiger partial charge in [-0.2, -0.15) is 0 Å². The highest BCUT2D eigenvalue weighted by molar-refractivity contribution is 5.87. The Kier molecular flexibility index (Phi) is 4.51. The van der Waals surface area contributed by atoms with E-state index in [0.717, 1.165) is 0 Å². The minimum absolute atomic E-state index is 0.228. The van der Waals surface area contributed by atoms with Crippen molar-refractivity contribution >= 4 is 11.9 Å². The number of hydrogen-bond acceptors (Lipinski definition) is 4. The number of rotatable bonds is 3. The number of likely N-dealkylation sites (N-methyl/N-ethyl adjacent to an activating group) is 1. The summed E-state index contributed by atoms with van der Waals surface area (Å²) in [4.78, 5) is 23.4. The number of carbonyl (C=O) groups is 2. The molecule has 0 aromatic rings. The van der Waals surface area contributed by atoms with E-state index in [2.05, 4.69) is 4.74 Å². The van der Waals surface area contributed by atoms with Crippen molar-refractivity contribution in [3.8, 4) is 0 Å². The fraction of sp³-hybridized carbons (Fsp3) is 0.750. The summed E-state index contributed by atoms with van der Waals surface area (Å²) in [6.07, 6.45) is 0.228. The van der Waals surface area contributed by atoms with Crippen LogP contribution in [0.2, 0.25) is 0 Å². The van der Waals surface area contributed by atoms with E-state index in [-0.39, 0.29) is 12.5 Å². The van der Waals surface area contributed by atoms with Gasteiger partial charge in [0.25, 0.3) is 0 Å². The molecular formula is C8H15NO3. The molecule has 12 heavy (non-hydrogen) atoms. The van der Waals surface area contributed by atoms with Crippen molar-refractivity contribution in [2.75, 3.05) is 14.1 Å². The summed E-state index contributed by atoms with van der Waals surface area (Å²) in [6, 6.07) is -0.375. The van der Waals surface area contributed by atoms with Crippen LogP contribution >= 0.6 is 0 Å². The van der Waals surface area contributed by atoms with Crippen LogP contribution in [0, 0.1) is 0 Å². The lowest BCUT2D eigenvalue weighted by atomic mass is 10.3. The van der Waals surface area contributed by atoms with Gasteiger partial charge in [0.1, 0.15) is 6.04 Å². The fourth-order valence-electron chi connectivity index (χ4n) is 0.480. The van der Waals surface area contributed by atoms with Gasteiger partial charge in [-0.3, -0.25) is 9.69 Å². The van der Waals surface area contributed by atoms with Crippen molar-refractivity contribution in [1.82, 2.24) is 4.90 Å². The zero-order valence-electron chi connectivity index (χ0n) is 7.96. The molecule has 0 spiro atoms. The molecule has 0 saturated carbocycles. The molecule has 0 rings (SSSR count). The van der Waals surface area contributed by atoms with Gasteiger partial charge in [0.2, 0.25) is 0 Å². The van der Waals surface area contributed by atoms with Crippen molar-refractivity contribution in [2.24, 2.45) is 0 Å². The molecule has 1 unspecified atom stereocenters. The molecule has 4 nitrogen and oxygen atoms in total. The minimum atomic E-state index is -0.494. The molecule has 0 saturated heterocycles. The van der Waals surface area contributed by atoms with Crippen LogP contribution in [0.25, 0.3) is 0 Å². The topological polar surface area (TPSA) is 46.6 Å². The summed E-state index contributed by atoms with van der Waals surface area (Å²) < 4.78 is 4.50. The summed E-state index contributed by atoms with van der Waals surface area (Å²) in [7, 11) is 3.50. The average Bonchev–Trinajstić information content (AvgIpc) is 2.02. The van der Waals surface area contributed by atoms with Crippen LogP contribution in [0.4, 0.5) is 0 Å². The number of ether oxygens (including phenoxy) is 1. The second-order valence-electron chi connectivity index (χ2n) is 2.79. The second-order valence-corrected chi connectivity index (χ2v) is 2.79. The van der Waals surface area contributed by atoms with Gasteiger partial charge in [-0.1, -0.05) is 6.92 Å². The third kappa shape index (κ3) is 3.48. The standard InChI is InChI=1S/C8H15NO3/c1-5-7(10)12-8(11)6(2)9(3)4/h6H,5H2,1-4H3. The van der Waals surface area contributed by atoms with E-state index in [1.54, 1.807) is 32.8 Å². The highest BCUT2D eigenvalue weighted by Gasteiger charge is 2.18. The molecule has 0 aliphatic heterocycles. The normalized spacial score (nSPS) is 12.8. The Labute approximate surface area is 72.5 Å². The highest BCUT2D eigenvalue weighted by Crippen LogP contribution is 1.96. The van der Waals surface area contributed by atoms with E-state index in [9.17, 15) is 9.59 Å². The van der Waals surface area contributed by atoms with Gasteiger partial charge in [-0.15, -0.1) is 0 Å². The molecule has 0 amide bonds. The van der Waals surface area contributed by atoms with E-state index < -0.39 is 11.9 Å². The van der Waals surface area contributed by atoms with E-state index in [0.29, 0.717) is 0 Å². The molecular weight excluding hydrogens is 158 g/mol. The minimum Gasteiger partial charge on any atom is -0.392 e. The Morgan fingerprint density at radius 3 is 2.25 bits per heavy atom. The highest BCUT2D eigenvalue weighted by atomic mass is 16.6. The first-order valence-corrected chi connectivity index (χ1v) is 3.90. The van der Waals surface area contributed by atoms with Crippen LogP contribution in [0.3, 0.4) is 0 Å². The smallest absolute Gasteiger partial charge is 0.330 e. The Hall–Kier alpha value is -0.900. The van der Waals surface area contributed by atoms with E-state index in [1.165, 1.54) is 0 Å². The van der Waals surface area contributed by atoms with Crippen LogP contribution < -0.4 is 0 Å². The molecule has 0 aliphatic rings. The van der Waals surface area contributed by atoms with Crippen molar-refractivity contribution < 1.29 is 14.3 Å². The van der Waals surface area contributed by atoms with Crippen LogP contribution in [-0.2, 0) is 14.3 Å². The molecule has 0 fully saturated rings. The maximum atomic E-state index is 11.1. The predicted octanol–water partition coefficient (Wildman–Crippen LogP) is 0.416. The lowest BCUT2D eigenvalue weighted by molar-refractivity contribution is -0.162. The molecule has 70 valence electrons. The Bertz CT molecular complexity index is 177. The first kappa shape index (κ1) is 11.1. The first-order valence-electron chi connectivity index (χ1n) is 3.90. The van der Waals surface area contributed by atoms with Gasteiger partial charge in [-0.25, -0.2) is 4.79 Å². The Morgan fingerprint density at radius 2 is 1.92 bits per heavy atom. The van der Waals surface area contributed by atoms with Crippen LogP contribution in [0.1, 0.15) is 20.3 Å². The summed E-state index contributed by atoms with van der Waals surface area (Å²) in [5.41, 5.74) is 0. The molecule has 0 heterocycles. The van der Waals surface area contributed by atoms with Crippen LogP contribution in [0.5, 0.6) is 0 Å². The van der Waals surface area contributed by atoms with Crippen molar-refractivity contribution in [1.29, 1.82) is 0 Å². The van der Waals surface area contributed by atoms with Crippen LogP contribution in [0.15, 0.2) is 0 Å². The summed E-state index contributed by atoms with van der Waals surface area (Å²) >= 11 is 0. The van der Waals surface area contributed by atoms with Gasteiger partial charge in [0.05, 0.1) is 0 Å². The largest absolute Gasteiger partial charge is 0.392 e. The monoisotopic (exact) mass is 173 g/mol. The average molecular weight is 173 g/mol. The number of carbonyl (C=O) groups excluding carboxylic acids is 2. The third-order valence-electron chi connectivity index (χ3n) is 1.62. The molecule has 1 atom stereocenters. The van der Waals surface area contributed by atoms with Gasteiger partial charge in [0, 0.05) is 6.42 Å². The molecule has 0 radical (unpaired) electrons. The summed E-state index contributed by atoms with van der Waals surface area (Å²) in [5, 5.41) is 0. The SMILES string of the molecule is CCC(=O)OC(=O)C(C)N(C)C. The van der Waals surface area contributed by atoms with Gasteiger partial charge < -0.3 is 4.74 Å². The van der Waals surface area contributed by atoms with E-state index >= 15 is 0 Å². The zero-order chi connectivity index (χ0) is 9.72. The lowest BCUT2D eigenvalue weighted by Gasteiger charge is -2.16. The number of hydrogen-bond donors (Lipinski definition) is 0. The zero-order valence-corrected chi connectivity index (χ0v) is 7.96. The van der Waals surface area contributed by atoms with Crippen LogP contribution in [-0.4, -0.2) is 37.0 Å². The first-order chi connectivity index (χ1) is 5.49. The van der Waals surface area contributed by atoms with Crippen molar-refractivity contribution in [3.05, 3.63) is 0 Å². The second kappa shape index (κ2) is 4.87. The van der Waals surface area contributed by atoms with E-state index in [4.69, 9.17) is 0 Å². The Balaban J connectivity index is 3.96. The predicted molar refractivity (Wildman–Crippen MR) is 44.5 cm³/mol. The molecule has 0 bridgehead atoms. The molecule has 0 aromatic heterocycles. The summed E-state index contributed by atoms with van der Waals surface area (Å²) in [6.45, 7) is 3.33. The molecule has 0 N–H and O–H groups in total. The lowest BCUT2D eigenvalue weighted by Crippen LogP contribution is -2.35. The van der Waals surface area contributed by atoms with E-state index in [1.807, 2.05) is 0 Å². The third-order valence-corrected chi connectivity index (χ3v) is 1.62. The quantitative estimate of drug-likeness (QED) is 0.458. The van der Waals surface area contributed by atoms with Gasteiger partial charge in [-0.05, 0) is 21.0 Å². The summed E-state index contributed by atoms with van der Waals surface area (Å²) in [5.74, 6) is -0.972. The maximum Gasteiger partial charge on any atom is 0.330 e. The fourth-order valence-corrected chi connectivity index (χ4v) is 0.480.